The fourth-order valence-corrected chi connectivity index (χ4v) is 1.36. The van der Waals surface area contributed by atoms with Gasteiger partial charge in [0.05, 0.1) is 0 Å². The fraction of sp³-hybridized carbons (Fsp3) is 0.455. The SMILES string of the molecule is OCCc1ccc(NC2CC2)cc1. The minimum absolute atomic E-state index is 0.232. The summed E-state index contributed by atoms with van der Waals surface area (Å²) < 4.78 is 0. The molecule has 0 aliphatic heterocycles. The van der Waals surface area contributed by atoms with E-state index < -0.39 is 0 Å². The van der Waals surface area contributed by atoms with E-state index >= 15 is 0 Å². The maximum atomic E-state index is 8.73. The van der Waals surface area contributed by atoms with Crippen molar-refractivity contribution in [3.63, 3.8) is 0 Å². The molecule has 2 heteroatoms. The highest BCUT2D eigenvalue weighted by Crippen LogP contribution is 2.24. The molecule has 0 aromatic heterocycles. The van der Waals surface area contributed by atoms with Crippen LogP contribution in [0.15, 0.2) is 24.3 Å². The number of aliphatic hydroxyl groups is 1. The molecular formula is C11H15NO. The third kappa shape index (κ3) is 2.46. The Labute approximate surface area is 78.6 Å². The van der Waals surface area contributed by atoms with E-state index in [0.29, 0.717) is 6.04 Å². The lowest BCUT2D eigenvalue weighted by atomic mass is 10.1. The highest BCUT2D eigenvalue weighted by atomic mass is 16.2. The fourth-order valence-electron chi connectivity index (χ4n) is 1.36. The Balaban J connectivity index is 1.95. The Bertz CT molecular complexity index is 264. The molecule has 2 N–H and O–H groups in total. The molecule has 1 aromatic carbocycles. The van der Waals surface area contributed by atoms with Gasteiger partial charge in [-0.15, -0.1) is 0 Å². The van der Waals surface area contributed by atoms with Crippen molar-refractivity contribution >= 4 is 5.69 Å². The van der Waals surface area contributed by atoms with Gasteiger partial charge in [-0.1, -0.05) is 12.1 Å². The number of nitrogens with one attached hydrogen (secondary N) is 1. The average molecular weight is 177 g/mol. The molecule has 0 spiro atoms. The van der Waals surface area contributed by atoms with Crippen LogP contribution in [0, 0.1) is 0 Å². The molecule has 1 aromatic rings. The first-order valence-corrected chi connectivity index (χ1v) is 4.85. The summed E-state index contributed by atoms with van der Waals surface area (Å²) in [5, 5.41) is 12.2. The van der Waals surface area contributed by atoms with Crippen molar-refractivity contribution in [2.24, 2.45) is 0 Å². The molecule has 13 heavy (non-hydrogen) atoms. The molecule has 1 saturated carbocycles. The van der Waals surface area contributed by atoms with Crippen LogP contribution in [0.4, 0.5) is 5.69 Å². The second-order valence-corrected chi connectivity index (χ2v) is 3.59. The zero-order chi connectivity index (χ0) is 9.10. The van der Waals surface area contributed by atoms with E-state index in [1.54, 1.807) is 0 Å². The molecule has 1 fully saturated rings. The van der Waals surface area contributed by atoms with Gasteiger partial charge in [0.2, 0.25) is 0 Å². The van der Waals surface area contributed by atoms with Gasteiger partial charge in [-0.3, -0.25) is 0 Å². The Morgan fingerprint density at radius 3 is 2.46 bits per heavy atom. The van der Waals surface area contributed by atoms with E-state index in [4.69, 9.17) is 5.11 Å². The maximum absolute atomic E-state index is 8.73. The third-order valence-electron chi connectivity index (χ3n) is 2.30. The van der Waals surface area contributed by atoms with Gasteiger partial charge in [0.25, 0.3) is 0 Å². The predicted octanol–water partition coefficient (Wildman–Crippen LogP) is 1.80. The molecule has 2 nitrogen and oxygen atoms in total. The number of benzene rings is 1. The largest absolute Gasteiger partial charge is 0.396 e. The summed E-state index contributed by atoms with van der Waals surface area (Å²) in [5.41, 5.74) is 2.40. The summed E-state index contributed by atoms with van der Waals surface area (Å²) in [5.74, 6) is 0. The van der Waals surface area contributed by atoms with Crippen LogP contribution in [0.2, 0.25) is 0 Å². The predicted molar refractivity (Wildman–Crippen MR) is 53.9 cm³/mol. The topological polar surface area (TPSA) is 32.3 Å². The highest BCUT2D eigenvalue weighted by Gasteiger charge is 2.20. The first kappa shape index (κ1) is 8.57. The van der Waals surface area contributed by atoms with E-state index in [0.717, 1.165) is 6.42 Å². The van der Waals surface area contributed by atoms with Crippen molar-refractivity contribution in [3.05, 3.63) is 29.8 Å². The van der Waals surface area contributed by atoms with Crippen molar-refractivity contribution < 1.29 is 5.11 Å². The molecular weight excluding hydrogens is 162 g/mol. The van der Waals surface area contributed by atoms with Gasteiger partial charge < -0.3 is 10.4 Å². The van der Waals surface area contributed by atoms with Gasteiger partial charge >= 0.3 is 0 Å². The summed E-state index contributed by atoms with van der Waals surface area (Å²) in [6.45, 7) is 0.232. The van der Waals surface area contributed by atoms with Gasteiger partial charge in [0.1, 0.15) is 0 Å². The van der Waals surface area contributed by atoms with Crippen LogP contribution in [-0.2, 0) is 6.42 Å². The minimum Gasteiger partial charge on any atom is -0.396 e. The van der Waals surface area contributed by atoms with Crippen molar-refractivity contribution in [3.8, 4) is 0 Å². The Kier molecular flexibility index (Phi) is 2.50. The van der Waals surface area contributed by atoms with Crippen LogP contribution in [0.25, 0.3) is 0 Å². The number of anilines is 1. The summed E-state index contributed by atoms with van der Waals surface area (Å²) in [4.78, 5) is 0. The standard InChI is InChI=1S/C11H15NO/c13-8-7-9-1-3-10(4-2-9)12-11-5-6-11/h1-4,11-13H,5-8H2. The van der Waals surface area contributed by atoms with E-state index in [9.17, 15) is 0 Å². The molecule has 0 unspecified atom stereocenters. The Morgan fingerprint density at radius 1 is 1.23 bits per heavy atom. The molecule has 0 atom stereocenters. The van der Waals surface area contributed by atoms with Gasteiger partial charge in [-0.2, -0.15) is 0 Å². The lowest BCUT2D eigenvalue weighted by Gasteiger charge is -2.04. The monoisotopic (exact) mass is 177 g/mol. The van der Waals surface area contributed by atoms with Crippen molar-refractivity contribution in [1.82, 2.24) is 0 Å². The first-order chi connectivity index (χ1) is 6.38. The smallest absolute Gasteiger partial charge is 0.0471 e. The second-order valence-electron chi connectivity index (χ2n) is 3.59. The lowest BCUT2D eigenvalue weighted by molar-refractivity contribution is 0.299. The number of aliphatic hydroxyl groups excluding tert-OH is 1. The van der Waals surface area contributed by atoms with Crippen molar-refractivity contribution in [1.29, 1.82) is 0 Å². The number of hydrogen-bond donors (Lipinski definition) is 2. The van der Waals surface area contributed by atoms with Crippen LogP contribution in [0.1, 0.15) is 18.4 Å². The quantitative estimate of drug-likeness (QED) is 0.735. The Hall–Kier alpha value is -1.02. The Morgan fingerprint density at radius 2 is 1.92 bits per heavy atom. The first-order valence-electron chi connectivity index (χ1n) is 4.85. The number of rotatable bonds is 4. The van der Waals surface area contributed by atoms with Gasteiger partial charge in [0.15, 0.2) is 0 Å². The van der Waals surface area contributed by atoms with E-state index in [-0.39, 0.29) is 6.61 Å². The maximum Gasteiger partial charge on any atom is 0.0471 e. The van der Waals surface area contributed by atoms with Crippen LogP contribution < -0.4 is 5.32 Å². The lowest BCUT2D eigenvalue weighted by Crippen LogP contribution is -2.00. The molecule has 0 amide bonds. The van der Waals surface area contributed by atoms with E-state index in [1.165, 1.54) is 24.1 Å². The van der Waals surface area contributed by atoms with Crippen molar-refractivity contribution in [2.75, 3.05) is 11.9 Å². The minimum atomic E-state index is 0.232. The second kappa shape index (κ2) is 3.79. The van der Waals surface area contributed by atoms with Crippen LogP contribution in [-0.4, -0.2) is 17.8 Å². The highest BCUT2D eigenvalue weighted by molar-refractivity contribution is 5.46. The van der Waals surface area contributed by atoms with Crippen LogP contribution in [0.5, 0.6) is 0 Å². The number of hydrogen-bond acceptors (Lipinski definition) is 2. The van der Waals surface area contributed by atoms with Gasteiger partial charge in [-0.25, -0.2) is 0 Å². The van der Waals surface area contributed by atoms with Crippen LogP contribution >= 0.6 is 0 Å². The van der Waals surface area contributed by atoms with Gasteiger partial charge in [-0.05, 0) is 37.0 Å². The zero-order valence-electron chi connectivity index (χ0n) is 7.66. The normalized spacial score (nSPS) is 15.8. The molecule has 0 radical (unpaired) electrons. The summed E-state index contributed by atoms with van der Waals surface area (Å²) in [6, 6.07) is 9.03. The summed E-state index contributed by atoms with van der Waals surface area (Å²) in [6.07, 6.45) is 3.36. The molecule has 1 aliphatic rings. The molecule has 2 rings (SSSR count). The van der Waals surface area contributed by atoms with E-state index in [1.807, 2.05) is 0 Å². The molecule has 0 heterocycles. The van der Waals surface area contributed by atoms with E-state index in [2.05, 4.69) is 29.6 Å². The molecule has 0 saturated heterocycles. The molecule has 0 bridgehead atoms. The van der Waals surface area contributed by atoms with Gasteiger partial charge in [0, 0.05) is 18.3 Å². The molecule has 70 valence electrons. The molecule has 1 aliphatic carbocycles. The average Bonchev–Trinajstić information content (AvgIpc) is 2.93. The van der Waals surface area contributed by atoms with Crippen LogP contribution in [0.3, 0.4) is 0 Å². The zero-order valence-corrected chi connectivity index (χ0v) is 7.66. The van der Waals surface area contributed by atoms with Crippen molar-refractivity contribution in [2.45, 2.75) is 25.3 Å². The summed E-state index contributed by atoms with van der Waals surface area (Å²) >= 11 is 0. The summed E-state index contributed by atoms with van der Waals surface area (Å²) in [7, 11) is 0. The third-order valence-corrected chi connectivity index (χ3v) is 2.30.